The van der Waals surface area contributed by atoms with Gasteiger partial charge in [0.2, 0.25) is 0 Å². The maximum absolute atomic E-state index is 11.0. The van der Waals surface area contributed by atoms with E-state index in [9.17, 15) is 4.79 Å². The Kier molecular flexibility index (Phi) is 5.81. The van der Waals surface area contributed by atoms with Gasteiger partial charge in [0, 0.05) is 12.0 Å². The molecule has 0 saturated heterocycles. The van der Waals surface area contributed by atoms with Gasteiger partial charge in [0.25, 0.3) is 0 Å². The second-order valence-electron chi connectivity index (χ2n) is 2.32. The van der Waals surface area contributed by atoms with Crippen molar-refractivity contribution >= 4 is 5.97 Å². The van der Waals surface area contributed by atoms with Crippen LogP contribution in [-0.2, 0) is 9.53 Å². The summed E-state index contributed by atoms with van der Waals surface area (Å²) in [6.07, 6.45) is 5.68. The summed E-state index contributed by atoms with van der Waals surface area (Å²) in [6, 6.07) is 0. The number of esters is 1. The number of ether oxygens (including phenoxy) is 1. The minimum Gasteiger partial charge on any atom is -0.369 e. The molecule has 0 bridgehead atoms. The van der Waals surface area contributed by atoms with Crippen molar-refractivity contribution in [2.45, 2.75) is 33.6 Å². The molecular formula is C10H14O2. The first-order valence-electron chi connectivity index (χ1n) is 4.08. The average molecular weight is 166 g/mol. The lowest BCUT2D eigenvalue weighted by molar-refractivity contribution is -0.132. The third-order valence-electron chi connectivity index (χ3n) is 1.22. The summed E-state index contributed by atoms with van der Waals surface area (Å²) in [5.74, 6) is 2.31. The third-order valence-corrected chi connectivity index (χ3v) is 1.22. The third kappa shape index (κ3) is 4.56. The van der Waals surface area contributed by atoms with E-state index in [1.54, 1.807) is 6.92 Å². The quantitative estimate of drug-likeness (QED) is 0.357. The molecule has 0 radical (unpaired) electrons. The number of rotatable bonds is 2. The minimum absolute atomic E-state index is 0.349. The van der Waals surface area contributed by atoms with Crippen molar-refractivity contribution in [3.8, 4) is 12.0 Å². The Bertz CT molecular complexity index is 228. The van der Waals surface area contributed by atoms with Crippen LogP contribution in [0, 0.1) is 12.0 Å². The molecule has 12 heavy (non-hydrogen) atoms. The molecule has 0 unspecified atom stereocenters. The van der Waals surface area contributed by atoms with Gasteiger partial charge >= 0.3 is 5.97 Å². The zero-order valence-electron chi connectivity index (χ0n) is 7.81. The fourth-order valence-electron chi connectivity index (χ4n) is 0.625. The fourth-order valence-corrected chi connectivity index (χ4v) is 0.625. The predicted octanol–water partition coefficient (Wildman–Crippen LogP) is 2.26. The molecule has 66 valence electrons. The van der Waals surface area contributed by atoms with Gasteiger partial charge in [-0.3, -0.25) is 0 Å². The van der Waals surface area contributed by atoms with Gasteiger partial charge in [-0.2, -0.15) is 0 Å². The van der Waals surface area contributed by atoms with E-state index in [4.69, 9.17) is 0 Å². The van der Waals surface area contributed by atoms with Crippen LogP contribution >= 0.6 is 0 Å². The molecule has 0 saturated carbocycles. The molecule has 0 rings (SSSR count). The van der Waals surface area contributed by atoms with E-state index in [2.05, 4.69) is 16.8 Å². The summed E-state index contributed by atoms with van der Waals surface area (Å²) in [5, 5.41) is 0. The van der Waals surface area contributed by atoms with Gasteiger partial charge < -0.3 is 4.74 Å². The van der Waals surface area contributed by atoms with E-state index in [-0.39, 0.29) is 5.97 Å². The summed E-state index contributed by atoms with van der Waals surface area (Å²) in [5.41, 5.74) is 0.614. The second-order valence-corrected chi connectivity index (χ2v) is 2.32. The molecule has 0 N–H and O–H groups in total. The van der Waals surface area contributed by atoms with Crippen LogP contribution in [0.4, 0.5) is 0 Å². The average Bonchev–Trinajstić information content (AvgIpc) is 2.05. The highest BCUT2D eigenvalue weighted by molar-refractivity contribution is 5.88. The second kappa shape index (κ2) is 6.48. The Hall–Kier alpha value is -1.23. The van der Waals surface area contributed by atoms with Gasteiger partial charge in [-0.25, -0.2) is 4.79 Å². The van der Waals surface area contributed by atoms with Crippen molar-refractivity contribution in [1.82, 2.24) is 0 Å². The summed E-state index contributed by atoms with van der Waals surface area (Å²) >= 11 is 0. The smallest absolute Gasteiger partial charge is 0.347 e. The topological polar surface area (TPSA) is 26.3 Å². The van der Waals surface area contributed by atoms with Crippen molar-refractivity contribution in [2.24, 2.45) is 0 Å². The number of allylic oxidation sites excluding steroid dienone is 1. The molecule has 2 heteroatoms. The Morgan fingerprint density at radius 3 is 2.67 bits per heavy atom. The van der Waals surface area contributed by atoms with Gasteiger partial charge in [-0.15, -0.1) is 0 Å². The van der Waals surface area contributed by atoms with Gasteiger partial charge in [0.15, 0.2) is 0 Å². The van der Waals surface area contributed by atoms with Crippen LogP contribution < -0.4 is 0 Å². The molecule has 0 aromatic rings. The van der Waals surface area contributed by atoms with Crippen LogP contribution in [0.1, 0.15) is 33.6 Å². The van der Waals surface area contributed by atoms with Gasteiger partial charge in [0.05, 0.1) is 0 Å². The van der Waals surface area contributed by atoms with E-state index < -0.39 is 0 Å². The molecule has 0 aliphatic carbocycles. The van der Waals surface area contributed by atoms with Crippen LogP contribution in [0.3, 0.4) is 0 Å². The van der Waals surface area contributed by atoms with E-state index in [1.165, 1.54) is 0 Å². The Morgan fingerprint density at radius 1 is 1.50 bits per heavy atom. The van der Waals surface area contributed by atoms with Gasteiger partial charge in [-0.1, -0.05) is 25.8 Å². The maximum Gasteiger partial charge on any atom is 0.347 e. The Labute approximate surface area is 73.6 Å². The van der Waals surface area contributed by atoms with Crippen LogP contribution in [0.5, 0.6) is 0 Å². The van der Waals surface area contributed by atoms with Crippen molar-refractivity contribution in [3.05, 3.63) is 11.6 Å². The Balaban J connectivity index is 3.96. The van der Waals surface area contributed by atoms with E-state index in [0.717, 1.165) is 6.42 Å². The SMILES string of the molecule is CCC#COC(=O)C(C)=CCC. The molecule has 0 aliphatic rings. The molecule has 0 aromatic carbocycles. The first-order valence-corrected chi connectivity index (χ1v) is 4.08. The maximum atomic E-state index is 11.0. The first kappa shape index (κ1) is 10.8. The molecule has 2 nitrogen and oxygen atoms in total. The molecule has 0 heterocycles. The lowest BCUT2D eigenvalue weighted by Gasteiger charge is -1.94. The largest absolute Gasteiger partial charge is 0.369 e. The summed E-state index contributed by atoms with van der Waals surface area (Å²) in [7, 11) is 0. The number of carbonyl (C=O) groups excluding carboxylic acids is 1. The highest BCUT2D eigenvalue weighted by atomic mass is 16.5. The summed E-state index contributed by atoms with van der Waals surface area (Å²) < 4.78 is 4.63. The molecule has 0 aromatic heterocycles. The predicted molar refractivity (Wildman–Crippen MR) is 48.2 cm³/mol. The number of hydrogen-bond donors (Lipinski definition) is 0. The van der Waals surface area contributed by atoms with Crippen LogP contribution in [0.2, 0.25) is 0 Å². The van der Waals surface area contributed by atoms with Crippen molar-refractivity contribution < 1.29 is 9.53 Å². The van der Waals surface area contributed by atoms with E-state index in [1.807, 2.05) is 19.9 Å². The lowest BCUT2D eigenvalue weighted by atomic mass is 10.2. The number of hydrogen-bond acceptors (Lipinski definition) is 2. The van der Waals surface area contributed by atoms with Crippen molar-refractivity contribution in [1.29, 1.82) is 0 Å². The zero-order valence-corrected chi connectivity index (χ0v) is 7.81. The van der Waals surface area contributed by atoms with Crippen molar-refractivity contribution in [2.75, 3.05) is 0 Å². The molecule has 0 atom stereocenters. The lowest BCUT2D eigenvalue weighted by Crippen LogP contribution is -2.00. The van der Waals surface area contributed by atoms with E-state index >= 15 is 0 Å². The van der Waals surface area contributed by atoms with E-state index in [0.29, 0.717) is 12.0 Å². The summed E-state index contributed by atoms with van der Waals surface area (Å²) in [6.45, 7) is 5.59. The molecule has 0 amide bonds. The van der Waals surface area contributed by atoms with Gasteiger partial charge in [0.1, 0.15) is 6.11 Å². The molecule has 0 fully saturated rings. The standard InChI is InChI=1S/C10H14O2/c1-4-6-8-12-10(11)9(3)7-5-2/h7H,4-5H2,1-3H3. The highest BCUT2D eigenvalue weighted by Crippen LogP contribution is 1.97. The molecular weight excluding hydrogens is 152 g/mol. The Morgan fingerprint density at radius 2 is 2.17 bits per heavy atom. The zero-order chi connectivity index (χ0) is 9.40. The normalized spacial score (nSPS) is 10.1. The molecule has 0 spiro atoms. The minimum atomic E-state index is -0.349. The monoisotopic (exact) mass is 166 g/mol. The first-order chi connectivity index (χ1) is 5.72. The highest BCUT2D eigenvalue weighted by Gasteiger charge is 2.01. The van der Waals surface area contributed by atoms with Crippen LogP contribution in [-0.4, -0.2) is 5.97 Å². The van der Waals surface area contributed by atoms with Crippen LogP contribution in [0.15, 0.2) is 11.6 Å². The molecule has 0 aliphatic heterocycles. The van der Waals surface area contributed by atoms with Gasteiger partial charge in [-0.05, 0) is 13.3 Å². The fraction of sp³-hybridized carbons (Fsp3) is 0.500. The van der Waals surface area contributed by atoms with Crippen LogP contribution in [0.25, 0.3) is 0 Å². The summed E-state index contributed by atoms with van der Waals surface area (Å²) in [4.78, 5) is 11.0. The number of carbonyl (C=O) groups is 1. The van der Waals surface area contributed by atoms with Crippen molar-refractivity contribution in [3.63, 3.8) is 0 Å².